The van der Waals surface area contributed by atoms with E-state index < -0.39 is 0 Å². The lowest BCUT2D eigenvalue weighted by Crippen LogP contribution is -2.14. The van der Waals surface area contributed by atoms with Gasteiger partial charge in [-0.1, -0.05) is 18.2 Å². The molecule has 4 nitrogen and oxygen atoms in total. The van der Waals surface area contributed by atoms with E-state index in [2.05, 4.69) is 22.5 Å². The standard InChI is InChI=1S/C13H15N3O/c1-16-7-6-13(15-16)14-8-10-9-17-12-5-3-2-4-11(10)12/h2-7,10H,8-9H2,1H3,(H,14,15). The molecule has 4 heteroatoms. The molecule has 1 aromatic heterocycles. The molecule has 0 amide bonds. The van der Waals surface area contributed by atoms with Crippen molar-refractivity contribution in [3.63, 3.8) is 0 Å². The van der Waals surface area contributed by atoms with Crippen LogP contribution in [0.5, 0.6) is 5.75 Å². The van der Waals surface area contributed by atoms with Gasteiger partial charge in [-0.3, -0.25) is 4.68 Å². The van der Waals surface area contributed by atoms with Crippen molar-refractivity contribution in [2.24, 2.45) is 7.05 Å². The average molecular weight is 229 g/mol. The van der Waals surface area contributed by atoms with Crippen LogP contribution in [0.25, 0.3) is 0 Å². The van der Waals surface area contributed by atoms with Crippen molar-refractivity contribution in [2.75, 3.05) is 18.5 Å². The average Bonchev–Trinajstić information content (AvgIpc) is 2.93. The Morgan fingerprint density at radius 1 is 1.41 bits per heavy atom. The van der Waals surface area contributed by atoms with Gasteiger partial charge in [-0.15, -0.1) is 0 Å². The summed E-state index contributed by atoms with van der Waals surface area (Å²) in [5, 5.41) is 7.63. The maximum absolute atomic E-state index is 5.64. The first-order valence-electron chi connectivity index (χ1n) is 5.78. The lowest BCUT2D eigenvalue weighted by molar-refractivity contribution is 0.334. The van der Waals surface area contributed by atoms with Gasteiger partial charge in [0.05, 0.1) is 6.61 Å². The van der Waals surface area contributed by atoms with Crippen molar-refractivity contribution in [1.29, 1.82) is 0 Å². The van der Waals surface area contributed by atoms with Crippen molar-refractivity contribution < 1.29 is 4.74 Å². The van der Waals surface area contributed by atoms with Gasteiger partial charge in [0.25, 0.3) is 0 Å². The molecule has 2 heterocycles. The van der Waals surface area contributed by atoms with Gasteiger partial charge in [-0.05, 0) is 6.07 Å². The molecule has 0 saturated carbocycles. The zero-order chi connectivity index (χ0) is 11.7. The topological polar surface area (TPSA) is 39.1 Å². The molecule has 0 spiro atoms. The van der Waals surface area contributed by atoms with Crippen molar-refractivity contribution in [1.82, 2.24) is 9.78 Å². The van der Waals surface area contributed by atoms with Gasteiger partial charge < -0.3 is 10.1 Å². The molecule has 1 N–H and O–H groups in total. The second-order valence-electron chi connectivity index (χ2n) is 4.30. The maximum Gasteiger partial charge on any atom is 0.147 e. The predicted octanol–water partition coefficient (Wildman–Crippen LogP) is 2.01. The Balaban J connectivity index is 1.68. The van der Waals surface area contributed by atoms with E-state index in [9.17, 15) is 0 Å². The Labute approximate surface area is 100 Å². The quantitative estimate of drug-likeness (QED) is 0.875. The minimum atomic E-state index is 0.410. The van der Waals surface area contributed by atoms with Crippen LogP contribution in [0.15, 0.2) is 36.5 Å². The first kappa shape index (κ1) is 10.2. The second-order valence-corrected chi connectivity index (χ2v) is 4.30. The number of nitrogens with zero attached hydrogens (tertiary/aromatic N) is 2. The highest BCUT2D eigenvalue weighted by molar-refractivity contribution is 5.41. The SMILES string of the molecule is Cn1ccc(NCC2COc3ccccc32)n1. The Kier molecular flexibility index (Phi) is 2.48. The van der Waals surface area contributed by atoms with Crippen LogP contribution in [0.2, 0.25) is 0 Å². The number of hydrogen-bond acceptors (Lipinski definition) is 3. The summed E-state index contributed by atoms with van der Waals surface area (Å²) < 4.78 is 7.43. The summed E-state index contributed by atoms with van der Waals surface area (Å²) in [4.78, 5) is 0. The minimum absolute atomic E-state index is 0.410. The number of fused-ring (bicyclic) bond motifs is 1. The van der Waals surface area contributed by atoms with Gasteiger partial charge in [-0.2, -0.15) is 5.10 Å². The summed E-state index contributed by atoms with van der Waals surface area (Å²) in [7, 11) is 1.92. The summed E-state index contributed by atoms with van der Waals surface area (Å²) in [6, 6.07) is 10.2. The molecule has 1 aliphatic rings. The molecule has 3 rings (SSSR count). The van der Waals surface area contributed by atoms with Crippen LogP contribution in [0, 0.1) is 0 Å². The summed E-state index contributed by atoms with van der Waals surface area (Å²) in [6.45, 7) is 1.60. The predicted molar refractivity (Wildman–Crippen MR) is 66.4 cm³/mol. The number of ether oxygens (including phenoxy) is 1. The van der Waals surface area contributed by atoms with E-state index in [1.54, 1.807) is 4.68 Å². The lowest BCUT2D eigenvalue weighted by Gasteiger charge is -2.09. The van der Waals surface area contributed by atoms with Gasteiger partial charge in [0.15, 0.2) is 0 Å². The van der Waals surface area contributed by atoms with Crippen LogP contribution in [-0.4, -0.2) is 22.9 Å². The monoisotopic (exact) mass is 229 g/mol. The number of nitrogens with one attached hydrogen (secondary N) is 1. The number of rotatable bonds is 3. The van der Waals surface area contributed by atoms with Gasteiger partial charge in [-0.25, -0.2) is 0 Å². The third-order valence-electron chi connectivity index (χ3n) is 3.04. The summed E-state index contributed by atoms with van der Waals surface area (Å²) >= 11 is 0. The fraction of sp³-hybridized carbons (Fsp3) is 0.308. The summed E-state index contributed by atoms with van der Waals surface area (Å²) in [5.74, 6) is 2.34. The molecule has 17 heavy (non-hydrogen) atoms. The molecular formula is C13H15N3O. The molecule has 0 bridgehead atoms. The molecule has 2 aromatic rings. The fourth-order valence-electron chi connectivity index (χ4n) is 2.14. The maximum atomic E-state index is 5.64. The van der Waals surface area contributed by atoms with E-state index in [4.69, 9.17) is 4.74 Å². The molecule has 88 valence electrons. The highest BCUT2D eigenvalue weighted by atomic mass is 16.5. The van der Waals surface area contributed by atoms with Gasteiger partial charge in [0.2, 0.25) is 0 Å². The Hall–Kier alpha value is -1.97. The van der Waals surface area contributed by atoms with E-state index in [1.165, 1.54) is 5.56 Å². The fourth-order valence-corrected chi connectivity index (χ4v) is 2.14. The van der Waals surface area contributed by atoms with Gasteiger partial charge >= 0.3 is 0 Å². The van der Waals surface area contributed by atoms with Crippen LogP contribution in [0.4, 0.5) is 5.82 Å². The van der Waals surface area contributed by atoms with Crippen molar-refractivity contribution >= 4 is 5.82 Å². The Morgan fingerprint density at radius 3 is 3.12 bits per heavy atom. The van der Waals surface area contributed by atoms with E-state index in [0.717, 1.165) is 24.7 Å². The van der Waals surface area contributed by atoms with E-state index in [1.807, 2.05) is 31.4 Å². The van der Waals surface area contributed by atoms with Crippen LogP contribution in [-0.2, 0) is 7.05 Å². The molecule has 0 fully saturated rings. The molecular weight excluding hydrogens is 214 g/mol. The van der Waals surface area contributed by atoms with Crippen LogP contribution in [0.1, 0.15) is 11.5 Å². The van der Waals surface area contributed by atoms with Crippen LogP contribution >= 0.6 is 0 Å². The molecule has 0 saturated heterocycles. The number of aromatic nitrogens is 2. The first-order chi connectivity index (χ1) is 8.33. The van der Waals surface area contributed by atoms with Crippen molar-refractivity contribution in [3.8, 4) is 5.75 Å². The smallest absolute Gasteiger partial charge is 0.147 e. The molecule has 1 unspecified atom stereocenters. The molecule has 1 aromatic carbocycles. The van der Waals surface area contributed by atoms with E-state index >= 15 is 0 Å². The largest absolute Gasteiger partial charge is 0.493 e. The second kappa shape index (κ2) is 4.13. The van der Waals surface area contributed by atoms with E-state index in [0.29, 0.717) is 5.92 Å². The third-order valence-corrected chi connectivity index (χ3v) is 3.04. The normalized spacial score (nSPS) is 17.6. The molecule has 1 aliphatic heterocycles. The molecule has 1 atom stereocenters. The highest BCUT2D eigenvalue weighted by Gasteiger charge is 2.23. The molecule has 0 aliphatic carbocycles. The van der Waals surface area contributed by atoms with Crippen molar-refractivity contribution in [3.05, 3.63) is 42.1 Å². The Morgan fingerprint density at radius 2 is 2.29 bits per heavy atom. The number of aryl methyl sites for hydroxylation is 1. The van der Waals surface area contributed by atoms with Gasteiger partial charge in [0, 0.05) is 37.3 Å². The number of para-hydroxylation sites is 1. The summed E-state index contributed by atoms with van der Waals surface area (Å²) in [5.41, 5.74) is 1.29. The zero-order valence-corrected chi connectivity index (χ0v) is 9.76. The highest BCUT2D eigenvalue weighted by Crippen LogP contribution is 2.33. The Bertz CT molecular complexity index is 521. The summed E-state index contributed by atoms with van der Waals surface area (Å²) in [6.07, 6.45) is 1.93. The molecule has 0 radical (unpaired) electrons. The number of benzene rings is 1. The first-order valence-corrected chi connectivity index (χ1v) is 5.78. The third kappa shape index (κ3) is 1.98. The van der Waals surface area contributed by atoms with Crippen LogP contribution < -0.4 is 10.1 Å². The van der Waals surface area contributed by atoms with Crippen LogP contribution in [0.3, 0.4) is 0 Å². The number of hydrogen-bond donors (Lipinski definition) is 1. The van der Waals surface area contributed by atoms with Gasteiger partial charge in [0.1, 0.15) is 11.6 Å². The minimum Gasteiger partial charge on any atom is -0.493 e. The van der Waals surface area contributed by atoms with Crippen molar-refractivity contribution in [2.45, 2.75) is 5.92 Å². The number of anilines is 1. The van der Waals surface area contributed by atoms with E-state index in [-0.39, 0.29) is 0 Å². The zero-order valence-electron chi connectivity index (χ0n) is 9.76. The lowest BCUT2D eigenvalue weighted by atomic mass is 10.0.